The summed E-state index contributed by atoms with van der Waals surface area (Å²) in [5.41, 5.74) is 1.17. The van der Waals surface area contributed by atoms with Crippen molar-refractivity contribution in [2.24, 2.45) is 0 Å². The van der Waals surface area contributed by atoms with Gasteiger partial charge in [0.15, 0.2) is 0 Å². The summed E-state index contributed by atoms with van der Waals surface area (Å²) in [7, 11) is 3.43. The lowest BCUT2D eigenvalue weighted by Gasteiger charge is -2.16. The fourth-order valence-corrected chi connectivity index (χ4v) is 1.98. The third-order valence-electron chi connectivity index (χ3n) is 3.23. The second kappa shape index (κ2) is 8.89. The van der Waals surface area contributed by atoms with Crippen molar-refractivity contribution in [3.05, 3.63) is 29.8 Å². The largest absolute Gasteiger partial charge is 0.497 e. The van der Waals surface area contributed by atoms with E-state index in [-0.39, 0.29) is 12.6 Å². The molecule has 0 fully saturated rings. The van der Waals surface area contributed by atoms with Gasteiger partial charge in [-0.25, -0.2) is 0 Å². The smallest absolute Gasteiger partial charge is 0.411 e. The summed E-state index contributed by atoms with van der Waals surface area (Å²) in [6.07, 6.45) is -1.99. The molecule has 120 valence electrons. The molecule has 0 bridgehead atoms. The van der Waals surface area contributed by atoms with Crippen LogP contribution in [0.3, 0.4) is 0 Å². The van der Waals surface area contributed by atoms with Crippen molar-refractivity contribution < 1.29 is 22.6 Å². The molecule has 1 N–H and O–H groups in total. The molecule has 0 saturated carbocycles. The molecule has 0 aromatic heterocycles. The lowest BCUT2D eigenvalue weighted by Crippen LogP contribution is -2.28. The topological polar surface area (TPSA) is 30.5 Å². The van der Waals surface area contributed by atoms with Gasteiger partial charge in [0, 0.05) is 12.6 Å². The zero-order valence-electron chi connectivity index (χ0n) is 12.4. The van der Waals surface area contributed by atoms with Crippen LogP contribution in [0.4, 0.5) is 13.2 Å². The summed E-state index contributed by atoms with van der Waals surface area (Å²) in [4.78, 5) is 0. The number of rotatable bonds is 9. The zero-order valence-corrected chi connectivity index (χ0v) is 12.4. The molecule has 1 unspecified atom stereocenters. The Morgan fingerprint density at radius 1 is 1.14 bits per heavy atom. The molecule has 0 amide bonds. The Labute approximate surface area is 123 Å². The molecule has 0 aliphatic heterocycles. The molecule has 0 aliphatic carbocycles. The molecule has 21 heavy (non-hydrogen) atoms. The number of benzene rings is 1. The number of ether oxygens (including phenoxy) is 2. The van der Waals surface area contributed by atoms with Crippen LogP contribution in [0.15, 0.2) is 24.3 Å². The first-order valence-corrected chi connectivity index (χ1v) is 6.89. The van der Waals surface area contributed by atoms with Crippen LogP contribution in [-0.4, -0.2) is 39.6 Å². The van der Waals surface area contributed by atoms with Crippen LogP contribution in [-0.2, 0) is 11.2 Å². The van der Waals surface area contributed by atoms with Crippen molar-refractivity contribution in [2.75, 3.05) is 27.4 Å². The van der Waals surface area contributed by atoms with Crippen molar-refractivity contribution in [1.82, 2.24) is 5.32 Å². The van der Waals surface area contributed by atoms with Crippen LogP contribution >= 0.6 is 0 Å². The predicted molar refractivity (Wildman–Crippen MR) is 75.7 cm³/mol. The number of aryl methyl sites for hydroxylation is 1. The number of methoxy groups -OCH3 is 1. The SMILES string of the molecule is CNC(CCOCC(F)(F)F)CCc1ccc(OC)cc1. The number of alkyl halides is 3. The second-order valence-corrected chi connectivity index (χ2v) is 4.83. The van der Waals surface area contributed by atoms with E-state index in [0.717, 1.165) is 18.6 Å². The fourth-order valence-electron chi connectivity index (χ4n) is 1.98. The number of hydrogen-bond acceptors (Lipinski definition) is 3. The monoisotopic (exact) mass is 305 g/mol. The van der Waals surface area contributed by atoms with Crippen molar-refractivity contribution in [2.45, 2.75) is 31.5 Å². The standard InChI is InChI=1S/C15H22F3NO2/c1-19-13(9-10-21-11-15(16,17)18)6-3-12-4-7-14(20-2)8-5-12/h4-5,7-8,13,19H,3,6,9-11H2,1-2H3. The van der Waals surface area contributed by atoms with Gasteiger partial charge in [-0.2, -0.15) is 13.2 Å². The van der Waals surface area contributed by atoms with Crippen LogP contribution in [0.1, 0.15) is 18.4 Å². The Bertz CT molecular complexity index is 393. The Morgan fingerprint density at radius 3 is 2.33 bits per heavy atom. The molecular formula is C15H22F3NO2. The van der Waals surface area contributed by atoms with Gasteiger partial charge in [0.05, 0.1) is 7.11 Å². The van der Waals surface area contributed by atoms with Gasteiger partial charge in [0.25, 0.3) is 0 Å². The van der Waals surface area contributed by atoms with E-state index in [1.54, 1.807) is 7.11 Å². The van der Waals surface area contributed by atoms with E-state index in [4.69, 9.17) is 4.74 Å². The predicted octanol–water partition coefficient (Wildman–Crippen LogP) is 3.18. The van der Waals surface area contributed by atoms with Gasteiger partial charge in [-0.15, -0.1) is 0 Å². The summed E-state index contributed by atoms with van der Waals surface area (Å²) in [6.45, 7) is -1.07. The quantitative estimate of drug-likeness (QED) is 0.711. The first-order valence-electron chi connectivity index (χ1n) is 6.89. The Kier molecular flexibility index (Phi) is 7.53. The molecule has 0 spiro atoms. The normalized spacial score (nSPS) is 13.2. The molecule has 0 aliphatic rings. The first-order chi connectivity index (χ1) is 9.94. The Hall–Kier alpha value is -1.27. The van der Waals surface area contributed by atoms with Crippen LogP contribution in [0.25, 0.3) is 0 Å². The molecule has 1 aromatic carbocycles. The number of halogens is 3. The highest BCUT2D eigenvalue weighted by molar-refractivity contribution is 5.27. The summed E-state index contributed by atoms with van der Waals surface area (Å²) in [5, 5.41) is 3.11. The van der Waals surface area contributed by atoms with Gasteiger partial charge in [0.1, 0.15) is 12.4 Å². The molecule has 1 aromatic rings. The highest BCUT2D eigenvalue weighted by atomic mass is 19.4. The van der Waals surface area contributed by atoms with Crippen molar-refractivity contribution in [3.63, 3.8) is 0 Å². The van der Waals surface area contributed by atoms with Gasteiger partial charge in [-0.1, -0.05) is 12.1 Å². The van der Waals surface area contributed by atoms with Gasteiger partial charge in [-0.05, 0) is 44.0 Å². The van der Waals surface area contributed by atoms with E-state index in [2.05, 4.69) is 10.1 Å². The highest BCUT2D eigenvalue weighted by Gasteiger charge is 2.27. The average molecular weight is 305 g/mol. The minimum Gasteiger partial charge on any atom is -0.497 e. The summed E-state index contributed by atoms with van der Waals surface area (Å²) in [5.74, 6) is 0.810. The van der Waals surface area contributed by atoms with E-state index >= 15 is 0 Å². The van der Waals surface area contributed by atoms with E-state index in [9.17, 15) is 13.2 Å². The average Bonchev–Trinajstić information content (AvgIpc) is 2.46. The zero-order chi connectivity index (χ0) is 15.7. The van der Waals surface area contributed by atoms with Crippen LogP contribution < -0.4 is 10.1 Å². The summed E-state index contributed by atoms with van der Waals surface area (Å²) in [6, 6.07) is 7.92. The number of nitrogens with one attached hydrogen (secondary N) is 1. The van der Waals surface area contributed by atoms with E-state index in [1.807, 2.05) is 31.3 Å². The van der Waals surface area contributed by atoms with Gasteiger partial charge >= 0.3 is 6.18 Å². The van der Waals surface area contributed by atoms with E-state index < -0.39 is 12.8 Å². The van der Waals surface area contributed by atoms with Crippen molar-refractivity contribution in [3.8, 4) is 5.75 Å². The molecule has 0 radical (unpaired) electrons. The van der Waals surface area contributed by atoms with Gasteiger partial charge < -0.3 is 14.8 Å². The maximum Gasteiger partial charge on any atom is 0.411 e. The Morgan fingerprint density at radius 2 is 1.81 bits per heavy atom. The minimum atomic E-state index is -4.25. The Balaban J connectivity index is 2.26. The fraction of sp³-hybridized carbons (Fsp3) is 0.600. The molecule has 1 rings (SSSR count). The van der Waals surface area contributed by atoms with Crippen molar-refractivity contribution in [1.29, 1.82) is 0 Å². The van der Waals surface area contributed by atoms with Crippen LogP contribution in [0.2, 0.25) is 0 Å². The maximum absolute atomic E-state index is 11.9. The van der Waals surface area contributed by atoms with Gasteiger partial charge in [-0.3, -0.25) is 0 Å². The summed E-state index contributed by atoms with van der Waals surface area (Å²) < 4.78 is 45.5. The van der Waals surface area contributed by atoms with Crippen LogP contribution in [0, 0.1) is 0 Å². The summed E-state index contributed by atoms with van der Waals surface area (Å²) >= 11 is 0. The highest BCUT2D eigenvalue weighted by Crippen LogP contribution is 2.16. The lowest BCUT2D eigenvalue weighted by atomic mass is 10.0. The van der Waals surface area contributed by atoms with E-state index in [0.29, 0.717) is 6.42 Å². The molecule has 0 heterocycles. The second-order valence-electron chi connectivity index (χ2n) is 4.83. The number of hydrogen-bond donors (Lipinski definition) is 1. The molecular weight excluding hydrogens is 283 g/mol. The molecule has 1 atom stereocenters. The third kappa shape index (κ3) is 7.92. The van der Waals surface area contributed by atoms with Crippen molar-refractivity contribution >= 4 is 0 Å². The molecule has 3 nitrogen and oxygen atoms in total. The van der Waals surface area contributed by atoms with Gasteiger partial charge in [0.2, 0.25) is 0 Å². The van der Waals surface area contributed by atoms with E-state index in [1.165, 1.54) is 5.56 Å². The first kappa shape index (κ1) is 17.8. The third-order valence-corrected chi connectivity index (χ3v) is 3.23. The maximum atomic E-state index is 11.9. The van der Waals surface area contributed by atoms with Crippen LogP contribution in [0.5, 0.6) is 5.75 Å². The lowest BCUT2D eigenvalue weighted by molar-refractivity contribution is -0.174. The minimum absolute atomic E-state index is 0.105. The molecule has 6 heteroatoms. The molecule has 0 saturated heterocycles.